The Morgan fingerprint density at radius 2 is 1.93 bits per heavy atom. The molecule has 1 aromatic heterocycles. The molecule has 4 nitrogen and oxygen atoms in total. The predicted octanol–water partition coefficient (Wildman–Crippen LogP) is 1.70. The van der Waals surface area contributed by atoms with Crippen molar-refractivity contribution in [2.45, 2.75) is 37.5 Å². The van der Waals surface area contributed by atoms with Gasteiger partial charge in [-0.25, -0.2) is 0 Å². The fraction of sp³-hybridized carbons (Fsp3) is 0.600. The number of aryl methyl sites for hydroxylation is 1. The van der Waals surface area contributed by atoms with Gasteiger partial charge in [0, 0.05) is 10.3 Å². The Balaban J connectivity index is 3.08. The second-order valence-electron chi connectivity index (χ2n) is 4.26. The molecule has 0 saturated heterocycles. The van der Waals surface area contributed by atoms with E-state index in [1.54, 1.807) is 6.07 Å². The van der Waals surface area contributed by atoms with Crippen LogP contribution in [-0.2, 0) is 10.8 Å². The first-order valence-corrected chi connectivity index (χ1v) is 5.81. The summed E-state index contributed by atoms with van der Waals surface area (Å²) >= 11 is 0. The predicted molar refractivity (Wildman–Crippen MR) is 59.5 cm³/mol. The maximum Gasteiger partial charge on any atom is 0.236 e. The molecule has 0 aromatic carbocycles. The van der Waals surface area contributed by atoms with E-state index in [-0.39, 0.29) is 4.75 Å². The summed E-state index contributed by atoms with van der Waals surface area (Å²) in [4.78, 5) is 0. The Morgan fingerprint density at radius 3 is 2.33 bits per heavy atom. The normalized spacial score (nSPS) is 13.7. The van der Waals surface area contributed by atoms with E-state index >= 15 is 0 Å². The monoisotopic (exact) mass is 228 g/mol. The molecule has 84 valence electrons. The zero-order valence-electron chi connectivity index (χ0n) is 9.70. The molecule has 1 rings (SSSR count). The van der Waals surface area contributed by atoms with Gasteiger partial charge in [-0.1, -0.05) is 0 Å². The number of methoxy groups -OCH3 is 1. The van der Waals surface area contributed by atoms with Gasteiger partial charge >= 0.3 is 0 Å². The SMILES string of the molecule is COc1nnc(S(=O)C(C)(C)C)cc1C. The molecule has 0 spiro atoms. The molecule has 1 heterocycles. The van der Waals surface area contributed by atoms with Crippen LogP contribution in [-0.4, -0.2) is 26.3 Å². The Hall–Kier alpha value is -0.970. The van der Waals surface area contributed by atoms with Crippen LogP contribution >= 0.6 is 0 Å². The molecule has 0 N–H and O–H groups in total. The topological polar surface area (TPSA) is 52.1 Å². The number of nitrogens with zero attached hydrogens (tertiary/aromatic N) is 2. The summed E-state index contributed by atoms with van der Waals surface area (Å²) < 4.78 is 16.7. The van der Waals surface area contributed by atoms with Crippen LogP contribution in [0.4, 0.5) is 0 Å². The molecular weight excluding hydrogens is 212 g/mol. The van der Waals surface area contributed by atoms with Crippen molar-refractivity contribution in [1.82, 2.24) is 10.2 Å². The molecule has 0 bridgehead atoms. The summed E-state index contributed by atoms with van der Waals surface area (Å²) in [5, 5.41) is 8.27. The molecule has 1 atom stereocenters. The van der Waals surface area contributed by atoms with Gasteiger partial charge in [-0.3, -0.25) is 4.21 Å². The summed E-state index contributed by atoms with van der Waals surface area (Å²) in [5.74, 6) is 0.477. The van der Waals surface area contributed by atoms with Gasteiger partial charge in [0.15, 0.2) is 5.03 Å². The molecule has 0 fully saturated rings. The largest absolute Gasteiger partial charge is 0.480 e. The highest BCUT2D eigenvalue weighted by atomic mass is 32.2. The van der Waals surface area contributed by atoms with Crippen LogP contribution < -0.4 is 4.74 Å². The van der Waals surface area contributed by atoms with Gasteiger partial charge in [0.1, 0.15) is 0 Å². The quantitative estimate of drug-likeness (QED) is 0.773. The maximum absolute atomic E-state index is 12.0. The Kier molecular flexibility index (Phi) is 3.44. The van der Waals surface area contributed by atoms with Crippen molar-refractivity contribution in [1.29, 1.82) is 0 Å². The van der Waals surface area contributed by atoms with Crippen molar-refractivity contribution in [2.24, 2.45) is 0 Å². The van der Waals surface area contributed by atoms with Crippen molar-refractivity contribution in [2.75, 3.05) is 7.11 Å². The number of hydrogen-bond donors (Lipinski definition) is 0. The molecule has 15 heavy (non-hydrogen) atoms. The van der Waals surface area contributed by atoms with E-state index < -0.39 is 10.8 Å². The Morgan fingerprint density at radius 1 is 1.33 bits per heavy atom. The number of hydrogen-bond acceptors (Lipinski definition) is 4. The van der Waals surface area contributed by atoms with Gasteiger partial charge < -0.3 is 4.74 Å². The first-order chi connectivity index (χ1) is 6.86. The van der Waals surface area contributed by atoms with Crippen molar-refractivity contribution in [3.8, 4) is 5.88 Å². The smallest absolute Gasteiger partial charge is 0.236 e. The highest BCUT2D eigenvalue weighted by Crippen LogP contribution is 2.21. The summed E-state index contributed by atoms with van der Waals surface area (Å²) in [5.41, 5.74) is 0.847. The average molecular weight is 228 g/mol. The molecule has 0 aliphatic carbocycles. The van der Waals surface area contributed by atoms with Crippen molar-refractivity contribution in [3.63, 3.8) is 0 Å². The molecule has 0 radical (unpaired) electrons. The third-order valence-electron chi connectivity index (χ3n) is 1.86. The highest BCUT2D eigenvalue weighted by molar-refractivity contribution is 7.86. The summed E-state index contributed by atoms with van der Waals surface area (Å²) in [7, 11) is 0.389. The second-order valence-corrected chi connectivity index (χ2v) is 6.44. The van der Waals surface area contributed by atoms with Crippen molar-refractivity contribution in [3.05, 3.63) is 11.6 Å². The molecule has 1 unspecified atom stereocenters. The van der Waals surface area contributed by atoms with Gasteiger partial charge in [0.2, 0.25) is 5.88 Å². The second kappa shape index (κ2) is 4.26. The van der Waals surface area contributed by atoms with Crippen LogP contribution in [0.25, 0.3) is 0 Å². The van der Waals surface area contributed by atoms with E-state index in [1.165, 1.54) is 7.11 Å². The molecular formula is C10H16N2O2S. The number of aromatic nitrogens is 2. The lowest BCUT2D eigenvalue weighted by Gasteiger charge is -2.16. The minimum absolute atomic E-state index is 0.324. The van der Waals surface area contributed by atoms with Gasteiger partial charge in [-0.2, -0.15) is 0 Å². The molecule has 1 aromatic rings. The fourth-order valence-electron chi connectivity index (χ4n) is 1.06. The lowest BCUT2D eigenvalue weighted by atomic mass is 10.3. The van der Waals surface area contributed by atoms with Gasteiger partial charge in [0.25, 0.3) is 0 Å². The first kappa shape index (κ1) is 12.1. The zero-order chi connectivity index (χ0) is 11.6. The summed E-state index contributed by atoms with van der Waals surface area (Å²) in [6.07, 6.45) is 0. The van der Waals surface area contributed by atoms with Crippen LogP contribution in [0.5, 0.6) is 5.88 Å². The summed E-state index contributed by atoms with van der Waals surface area (Å²) in [6.45, 7) is 7.58. The van der Waals surface area contributed by atoms with E-state index in [1.807, 2.05) is 27.7 Å². The van der Waals surface area contributed by atoms with E-state index in [4.69, 9.17) is 4.74 Å². The lowest BCUT2D eigenvalue weighted by Crippen LogP contribution is -2.23. The van der Waals surface area contributed by atoms with E-state index in [2.05, 4.69) is 10.2 Å². The fourth-order valence-corrected chi connectivity index (χ4v) is 2.08. The van der Waals surface area contributed by atoms with E-state index in [0.717, 1.165) is 5.56 Å². The molecule has 5 heteroatoms. The Labute approximate surface area is 92.5 Å². The number of rotatable bonds is 2. The maximum atomic E-state index is 12.0. The van der Waals surface area contributed by atoms with Crippen molar-refractivity contribution >= 4 is 10.8 Å². The summed E-state index contributed by atoms with van der Waals surface area (Å²) in [6, 6.07) is 1.76. The Bertz CT molecular complexity index is 385. The van der Waals surface area contributed by atoms with Gasteiger partial charge in [-0.05, 0) is 33.8 Å². The van der Waals surface area contributed by atoms with Crippen LogP contribution in [0.2, 0.25) is 0 Å². The van der Waals surface area contributed by atoms with Crippen LogP contribution in [0, 0.1) is 6.92 Å². The third-order valence-corrected chi connectivity index (χ3v) is 3.55. The van der Waals surface area contributed by atoms with E-state index in [0.29, 0.717) is 10.9 Å². The van der Waals surface area contributed by atoms with Crippen LogP contribution in [0.3, 0.4) is 0 Å². The van der Waals surface area contributed by atoms with Gasteiger partial charge in [0.05, 0.1) is 17.9 Å². The van der Waals surface area contributed by atoms with Crippen molar-refractivity contribution < 1.29 is 8.95 Å². The van der Waals surface area contributed by atoms with Crippen LogP contribution in [0.15, 0.2) is 11.1 Å². The first-order valence-electron chi connectivity index (χ1n) is 4.66. The number of ether oxygens (including phenoxy) is 1. The third kappa shape index (κ3) is 2.75. The average Bonchev–Trinajstić information content (AvgIpc) is 2.15. The molecule has 0 aliphatic heterocycles. The minimum atomic E-state index is -1.15. The van der Waals surface area contributed by atoms with Crippen LogP contribution in [0.1, 0.15) is 26.3 Å². The standard InChI is InChI=1S/C10H16N2O2S/c1-7-6-8(11-12-9(7)14-5)15(13)10(2,3)4/h6H,1-5H3. The lowest BCUT2D eigenvalue weighted by molar-refractivity contribution is 0.386. The van der Waals surface area contributed by atoms with Gasteiger partial charge in [-0.15, -0.1) is 10.2 Å². The van der Waals surface area contributed by atoms with E-state index in [9.17, 15) is 4.21 Å². The highest BCUT2D eigenvalue weighted by Gasteiger charge is 2.23. The molecule has 0 saturated carbocycles. The zero-order valence-corrected chi connectivity index (χ0v) is 10.5. The molecule has 0 aliphatic rings. The molecule has 0 amide bonds. The minimum Gasteiger partial charge on any atom is -0.480 e.